The van der Waals surface area contributed by atoms with Gasteiger partial charge < -0.3 is 15.7 Å². The number of carboxylic acid groups (broad SMARTS) is 1. The number of benzene rings is 1. The van der Waals surface area contributed by atoms with Gasteiger partial charge in [-0.1, -0.05) is 12.1 Å². The number of amides is 1. The number of aliphatic carboxylic acids is 1. The number of carbonyl (C=O) groups is 2. The minimum atomic E-state index is -0.984. The molecule has 1 amide bonds. The fourth-order valence-corrected chi connectivity index (χ4v) is 1.82. The topological polar surface area (TPSA) is 83.6 Å². The average Bonchev–Trinajstić information content (AvgIpc) is 2.43. The van der Waals surface area contributed by atoms with Crippen molar-refractivity contribution in [1.82, 2.24) is 4.90 Å². The van der Waals surface area contributed by atoms with E-state index in [9.17, 15) is 14.0 Å². The standard InChI is InChI=1S/C14H19FN2O3/c1-9(10-3-5-11(15)6-4-10)17(2)14(20)12(16)7-8-13(18)19/h3-6,9,12H,7-8,16H2,1-2H3,(H,18,19). The Balaban J connectivity index is 2.67. The van der Waals surface area contributed by atoms with E-state index in [2.05, 4.69) is 0 Å². The SMILES string of the molecule is CC(c1ccc(F)cc1)N(C)C(=O)C(N)CCC(=O)O. The van der Waals surface area contributed by atoms with Crippen molar-refractivity contribution in [3.63, 3.8) is 0 Å². The van der Waals surface area contributed by atoms with Gasteiger partial charge >= 0.3 is 5.97 Å². The average molecular weight is 282 g/mol. The van der Waals surface area contributed by atoms with E-state index in [1.807, 2.05) is 0 Å². The van der Waals surface area contributed by atoms with E-state index < -0.39 is 12.0 Å². The molecular formula is C14H19FN2O3. The van der Waals surface area contributed by atoms with Gasteiger partial charge in [-0.25, -0.2) is 4.39 Å². The smallest absolute Gasteiger partial charge is 0.303 e. The van der Waals surface area contributed by atoms with Crippen LogP contribution in [0.4, 0.5) is 4.39 Å². The van der Waals surface area contributed by atoms with Gasteiger partial charge in [0.25, 0.3) is 0 Å². The molecule has 0 spiro atoms. The molecule has 0 bridgehead atoms. The Labute approximate surface area is 117 Å². The zero-order chi connectivity index (χ0) is 15.3. The van der Waals surface area contributed by atoms with Crippen molar-refractivity contribution in [3.05, 3.63) is 35.6 Å². The van der Waals surface area contributed by atoms with E-state index in [-0.39, 0.29) is 30.6 Å². The number of carboxylic acids is 1. The van der Waals surface area contributed by atoms with Gasteiger partial charge in [-0.05, 0) is 31.0 Å². The number of nitrogens with zero attached hydrogens (tertiary/aromatic N) is 1. The summed E-state index contributed by atoms with van der Waals surface area (Å²) in [6.07, 6.45) is -0.0552. The molecule has 5 nitrogen and oxygen atoms in total. The fraction of sp³-hybridized carbons (Fsp3) is 0.429. The summed E-state index contributed by atoms with van der Waals surface area (Å²) in [5, 5.41) is 8.58. The summed E-state index contributed by atoms with van der Waals surface area (Å²) in [6.45, 7) is 1.80. The second-order valence-corrected chi connectivity index (χ2v) is 4.72. The molecule has 110 valence electrons. The molecule has 0 fully saturated rings. The van der Waals surface area contributed by atoms with Crippen LogP contribution >= 0.6 is 0 Å². The Hall–Kier alpha value is -1.95. The minimum absolute atomic E-state index is 0.0919. The number of hydrogen-bond acceptors (Lipinski definition) is 3. The number of rotatable bonds is 6. The number of carbonyl (C=O) groups excluding carboxylic acids is 1. The zero-order valence-corrected chi connectivity index (χ0v) is 11.5. The summed E-state index contributed by atoms with van der Waals surface area (Å²) in [7, 11) is 1.59. The molecule has 6 heteroatoms. The lowest BCUT2D eigenvalue weighted by atomic mass is 10.1. The lowest BCUT2D eigenvalue weighted by molar-refractivity contribution is -0.137. The second kappa shape index (κ2) is 7.00. The van der Waals surface area contributed by atoms with Gasteiger partial charge in [-0.15, -0.1) is 0 Å². The van der Waals surface area contributed by atoms with Crippen LogP contribution in [0.1, 0.15) is 31.4 Å². The van der Waals surface area contributed by atoms with Gasteiger partial charge in [-0.3, -0.25) is 9.59 Å². The van der Waals surface area contributed by atoms with E-state index in [0.29, 0.717) is 0 Å². The molecule has 1 rings (SSSR count). The Morgan fingerprint density at radius 1 is 1.35 bits per heavy atom. The lowest BCUT2D eigenvalue weighted by Crippen LogP contribution is -2.43. The summed E-state index contributed by atoms with van der Waals surface area (Å²) < 4.78 is 12.9. The largest absolute Gasteiger partial charge is 0.481 e. The molecular weight excluding hydrogens is 263 g/mol. The first-order valence-electron chi connectivity index (χ1n) is 6.32. The highest BCUT2D eigenvalue weighted by atomic mass is 19.1. The third kappa shape index (κ3) is 4.31. The van der Waals surface area contributed by atoms with Crippen LogP contribution in [-0.4, -0.2) is 35.0 Å². The van der Waals surface area contributed by atoms with Crippen LogP contribution in [0.15, 0.2) is 24.3 Å². The van der Waals surface area contributed by atoms with Gasteiger partial charge in [0.2, 0.25) is 5.91 Å². The molecule has 0 aromatic heterocycles. The number of halogens is 1. The van der Waals surface area contributed by atoms with Crippen LogP contribution in [0.5, 0.6) is 0 Å². The molecule has 1 aromatic carbocycles. The van der Waals surface area contributed by atoms with Crippen molar-refractivity contribution in [2.45, 2.75) is 31.8 Å². The minimum Gasteiger partial charge on any atom is -0.481 e. The summed E-state index contributed by atoms with van der Waals surface area (Å²) in [4.78, 5) is 24.0. The van der Waals surface area contributed by atoms with E-state index in [0.717, 1.165) is 5.56 Å². The van der Waals surface area contributed by atoms with Gasteiger partial charge in [0.1, 0.15) is 5.82 Å². The predicted molar refractivity (Wildman–Crippen MR) is 72.4 cm³/mol. The quantitative estimate of drug-likeness (QED) is 0.829. The van der Waals surface area contributed by atoms with Crippen LogP contribution in [0.3, 0.4) is 0 Å². The van der Waals surface area contributed by atoms with Crippen LogP contribution < -0.4 is 5.73 Å². The monoisotopic (exact) mass is 282 g/mol. The predicted octanol–water partition coefficient (Wildman–Crippen LogP) is 1.54. The first-order chi connectivity index (χ1) is 9.32. The van der Waals surface area contributed by atoms with Crippen molar-refractivity contribution >= 4 is 11.9 Å². The van der Waals surface area contributed by atoms with E-state index >= 15 is 0 Å². The van der Waals surface area contributed by atoms with Gasteiger partial charge in [0.15, 0.2) is 0 Å². The summed E-state index contributed by atoms with van der Waals surface area (Å²) in [5.41, 5.74) is 6.48. The van der Waals surface area contributed by atoms with Crippen LogP contribution in [0.2, 0.25) is 0 Å². The van der Waals surface area contributed by atoms with Gasteiger partial charge in [-0.2, -0.15) is 0 Å². The second-order valence-electron chi connectivity index (χ2n) is 4.72. The van der Waals surface area contributed by atoms with Crippen molar-refractivity contribution in [3.8, 4) is 0 Å². The van der Waals surface area contributed by atoms with Crippen molar-refractivity contribution in [2.24, 2.45) is 5.73 Å². The molecule has 20 heavy (non-hydrogen) atoms. The first kappa shape index (κ1) is 16.1. The van der Waals surface area contributed by atoms with E-state index in [1.54, 1.807) is 26.1 Å². The molecule has 0 aliphatic rings. The molecule has 0 saturated heterocycles. The Morgan fingerprint density at radius 2 is 1.90 bits per heavy atom. The Kier molecular flexibility index (Phi) is 5.64. The number of likely N-dealkylation sites (N-methyl/N-ethyl adjacent to an activating group) is 1. The van der Waals surface area contributed by atoms with E-state index in [4.69, 9.17) is 10.8 Å². The summed E-state index contributed by atoms with van der Waals surface area (Å²) in [5.74, 6) is -1.65. The normalized spacial score (nSPS) is 13.6. The Morgan fingerprint density at radius 3 is 2.40 bits per heavy atom. The summed E-state index contributed by atoms with van der Waals surface area (Å²) in [6, 6.07) is 4.75. The molecule has 3 N–H and O–H groups in total. The maximum atomic E-state index is 12.9. The first-order valence-corrected chi connectivity index (χ1v) is 6.32. The fourth-order valence-electron chi connectivity index (χ4n) is 1.82. The molecule has 0 heterocycles. The van der Waals surface area contributed by atoms with Crippen molar-refractivity contribution < 1.29 is 19.1 Å². The molecule has 0 radical (unpaired) electrons. The zero-order valence-electron chi connectivity index (χ0n) is 11.5. The van der Waals surface area contributed by atoms with Gasteiger partial charge in [0, 0.05) is 13.5 Å². The maximum absolute atomic E-state index is 12.9. The lowest BCUT2D eigenvalue weighted by Gasteiger charge is -2.27. The highest BCUT2D eigenvalue weighted by Crippen LogP contribution is 2.20. The third-order valence-electron chi connectivity index (χ3n) is 3.27. The third-order valence-corrected chi connectivity index (χ3v) is 3.27. The van der Waals surface area contributed by atoms with Crippen LogP contribution in [-0.2, 0) is 9.59 Å². The number of nitrogens with two attached hydrogens (primary N) is 1. The Bertz CT molecular complexity index is 476. The van der Waals surface area contributed by atoms with Crippen molar-refractivity contribution in [1.29, 1.82) is 0 Å². The highest BCUT2D eigenvalue weighted by molar-refractivity contribution is 5.82. The molecule has 0 aliphatic heterocycles. The summed E-state index contributed by atoms with van der Waals surface area (Å²) >= 11 is 0. The van der Waals surface area contributed by atoms with Gasteiger partial charge in [0.05, 0.1) is 12.1 Å². The maximum Gasteiger partial charge on any atom is 0.303 e. The molecule has 2 atom stereocenters. The number of hydrogen-bond donors (Lipinski definition) is 2. The molecule has 2 unspecified atom stereocenters. The highest BCUT2D eigenvalue weighted by Gasteiger charge is 2.23. The van der Waals surface area contributed by atoms with Crippen LogP contribution in [0, 0.1) is 5.82 Å². The van der Waals surface area contributed by atoms with E-state index in [1.165, 1.54) is 17.0 Å². The molecule has 0 aliphatic carbocycles. The molecule has 0 saturated carbocycles. The van der Waals surface area contributed by atoms with Crippen molar-refractivity contribution in [2.75, 3.05) is 7.05 Å². The molecule has 1 aromatic rings. The van der Waals surface area contributed by atoms with Crippen LogP contribution in [0.25, 0.3) is 0 Å².